The van der Waals surface area contributed by atoms with Gasteiger partial charge in [-0.2, -0.15) is 4.39 Å². The molecule has 0 radical (unpaired) electrons. The number of rotatable bonds is 4. The number of aromatic nitrogens is 2. The molecule has 2 aromatic heterocycles. The van der Waals surface area contributed by atoms with Gasteiger partial charge in [0.1, 0.15) is 5.69 Å². The first kappa shape index (κ1) is 20.0. The van der Waals surface area contributed by atoms with Crippen molar-refractivity contribution in [3.8, 4) is 5.75 Å². The summed E-state index contributed by atoms with van der Waals surface area (Å²) in [4.78, 5) is 24.1. The topological polar surface area (TPSA) is 103 Å². The predicted octanol–water partition coefficient (Wildman–Crippen LogP) is 0.953. The number of amides is 1. The van der Waals surface area contributed by atoms with Crippen molar-refractivity contribution >= 4 is 17.3 Å². The van der Waals surface area contributed by atoms with Gasteiger partial charge in [-0.1, -0.05) is 0 Å². The highest BCUT2D eigenvalue weighted by Gasteiger charge is 2.54. The number of carbonyl (C=O) groups is 1. The van der Waals surface area contributed by atoms with Crippen LogP contribution in [0.15, 0.2) is 24.4 Å². The molecular weight excluding hydrogens is 403 g/mol. The van der Waals surface area contributed by atoms with E-state index < -0.39 is 23.7 Å². The van der Waals surface area contributed by atoms with Gasteiger partial charge < -0.3 is 25.4 Å². The molecule has 0 bridgehead atoms. The molecule has 1 spiro atoms. The van der Waals surface area contributed by atoms with Crippen LogP contribution in [0.1, 0.15) is 29.0 Å². The van der Waals surface area contributed by atoms with Crippen LogP contribution in [-0.2, 0) is 6.54 Å². The number of nitrogens with one attached hydrogen (secondary N) is 2. The third-order valence-electron chi connectivity index (χ3n) is 6.16. The van der Waals surface area contributed by atoms with Gasteiger partial charge in [0.05, 0.1) is 23.3 Å². The lowest BCUT2D eigenvalue weighted by Crippen LogP contribution is -2.46. The van der Waals surface area contributed by atoms with Crippen LogP contribution in [0.5, 0.6) is 5.75 Å². The summed E-state index contributed by atoms with van der Waals surface area (Å²) in [6.45, 7) is 3.42. The van der Waals surface area contributed by atoms with Crippen LogP contribution >= 0.6 is 0 Å². The van der Waals surface area contributed by atoms with Gasteiger partial charge in [0, 0.05) is 39.8 Å². The number of aliphatic hydroxyl groups is 1. The van der Waals surface area contributed by atoms with Gasteiger partial charge in [-0.3, -0.25) is 14.7 Å². The van der Waals surface area contributed by atoms with E-state index in [4.69, 9.17) is 4.74 Å². The fourth-order valence-corrected chi connectivity index (χ4v) is 4.11. The minimum atomic E-state index is -0.697. The Hall–Kier alpha value is -2.98. The van der Waals surface area contributed by atoms with E-state index in [1.54, 1.807) is 12.3 Å². The Labute approximate surface area is 179 Å². The Bertz CT molecular complexity index is 1010. The number of carbonyl (C=O) groups excluding carboxylic acids is 1. The van der Waals surface area contributed by atoms with Gasteiger partial charge in [0.25, 0.3) is 5.91 Å². The van der Waals surface area contributed by atoms with E-state index in [-0.39, 0.29) is 5.69 Å². The molecule has 2 aromatic rings. The summed E-state index contributed by atoms with van der Waals surface area (Å²) in [5.41, 5.74) is 1.64. The van der Waals surface area contributed by atoms with E-state index in [2.05, 4.69) is 25.5 Å². The van der Waals surface area contributed by atoms with E-state index in [0.29, 0.717) is 31.1 Å². The maximum absolute atomic E-state index is 14.4. The van der Waals surface area contributed by atoms with Crippen molar-refractivity contribution in [3.05, 3.63) is 41.7 Å². The van der Waals surface area contributed by atoms with E-state index in [1.807, 2.05) is 11.0 Å². The summed E-state index contributed by atoms with van der Waals surface area (Å²) >= 11 is 0. The monoisotopic (exact) mass is 428 g/mol. The lowest BCUT2D eigenvalue weighted by Gasteiger charge is -2.36. The first-order valence-corrected chi connectivity index (χ1v) is 10.5. The maximum atomic E-state index is 14.4. The summed E-state index contributed by atoms with van der Waals surface area (Å²) in [7, 11) is 1.49. The number of fused-ring (bicyclic) bond motifs is 1. The number of anilines is 2. The van der Waals surface area contributed by atoms with Crippen molar-refractivity contribution in [1.82, 2.24) is 20.2 Å². The second-order valence-electron chi connectivity index (χ2n) is 8.23. The zero-order valence-corrected chi connectivity index (χ0v) is 17.3. The number of halogens is 1. The minimum absolute atomic E-state index is 0.0659. The third-order valence-corrected chi connectivity index (χ3v) is 6.16. The van der Waals surface area contributed by atoms with Crippen molar-refractivity contribution < 1.29 is 19.0 Å². The number of nitrogens with zero attached hydrogens (tertiary/aromatic N) is 4. The van der Waals surface area contributed by atoms with E-state index in [0.717, 1.165) is 37.3 Å². The number of piperazine rings is 1. The Morgan fingerprint density at radius 1 is 1.35 bits per heavy atom. The number of aliphatic hydroxyl groups excluding tert-OH is 1. The van der Waals surface area contributed by atoms with Crippen molar-refractivity contribution in [2.75, 3.05) is 43.4 Å². The van der Waals surface area contributed by atoms with Crippen LogP contribution in [0.2, 0.25) is 0 Å². The highest BCUT2D eigenvalue weighted by molar-refractivity contribution is 5.92. The first-order valence-electron chi connectivity index (χ1n) is 10.5. The molecule has 1 unspecified atom stereocenters. The largest absolute Gasteiger partial charge is 0.479 e. The van der Waals surface area contributed by atoms with Crippen LogP contribution in [0.25, 0.3) is 0 Å². The van der Waals surface area contributed by atoms with Crippen LogP contribution in [0, 0.1) is 5.95 Å². The molecule has 164 valence electrons. The summed E-state index contributed by atoms with van der Waals surface area (Å²) in [5, 5.41) is 15.8. The van der Waals surface area contributed by atoms with Crippen LogP contribution in [0.4, 0.5) is 15.8 Å². The van der Waals surface area contributed by atoms with Crippen molar-refractivity contribution in [2.45, 2.75) is 31.2 Å². The number of ether oxygens (including phenoxy) is 1. The summed E-state index contributed by atoms with van der Waals surface area (Å²) in [6, 6.07) is 5.06. The van der Waals surface area contributed by atoms with Crippen LogP contribution in [-0.4, -0.2) is 70.9 Å². The first-order chi connectivity index (χ1) is 15.0. The second-order valence-corrected chi connectivity index (χ2v) is 8.23. The summed E-state index contributed by atoms with van der Waals surface area (Å²) in [6.07, 6.45) is 2.71. The SMILES string of the molecule is CNC(=O)c1ccc(N2CCN(Cc3cc4c(cn3)OC3(CC3)C(O)N4)CC2)c(F)n1. The van der Waals surface area contributed by atoms with Crippen molar-refractivity contribution in [3.63, 3.8) is 0 Å². The van der Waals surface area contributed by atoms with Gasteiger partial charge in [0.15, 0.2) is 17.6 Å². The molecule has 4 heterocycles. The number of pyridine rings is 2. The van der Waals surface area contributed by atoms with E-state index >= 15 is 0 Å². The molecule has 1 amide bonds. The molecular formula is C21H25FN6O3. The van der Waals surface area contributed by atoms with E-state index in [9.17, 15) is 14.3 Å². The van der Waals surface area contributed by atoms with E-state index in [1.165, 1.54) is 13.1 Å². The minimum Gasteiger partial charge on any atom is -0.479 e. The Morgan fingerprint density at radius 3 is 2.81 bits per heavy atom. The van der Waals surface area contributed by atoms with Crippen LogP contribution in [0.3, 0.4) is 0 Å². The quantitative estimate of drug-likeness (QED) is 0.619. The summed E-state index contributed by atoms with van der Waals surface area (Å²) in [5.74, 6) is -0.365. The molecule has 1 saturated heterocycles. The molecule has 10 heteroatoms. The molecule has 1 atom stereocenters. The average Bonchev–Trinajstić information content (AvgIpc) is 3.55. The molecule has 2 aliphatic heterocycles. The van der Waals surface area contributed by atoms with Gasteiger partial charge >= 0.3 is 0 Å². The fourth-order valence-electron chi connectivity index (χ4n) is 4.11. The van der Waals surface area contributed by atoms with Gasteiger partial charge in [-0.15, -0.1) is 0 Å². The predicted molar refractivity (Wildman–Crippen MR) is 112 cm³/mol. The van der Waals surface area contributed by atoms with Crippen molar-refractivity contribution in [2.24, 2.45) is 0 Å². The molecule has 9 nitrogen and oxygen atoms in total. The fraction of sp³-hybridized carbons (Fsp3) is 0.476. The average molecular weight is 428 g/mol. The standard InChI is InChI=1S/C21H25FN6O3/c1-23-19(29)14-2-3-16(18(22)25-14)28-8-6-27(7-9-28)12-13-10-15-17(11-24-13)31-21(4-5-21)20(30)26-15/h2-3,10-11,20,26,30H,4-9,12H2,1H3,(H,23,29). The molecule has 0 aromatic carbocycles. The molecule has 1 aliphatic carbocycles. The van der Waals surface area contributed by atoms with Crippen molar-refractivity contribution in [1.29, 1.82) is 0 Å². The van der Waals surface area contributed by atoms with Gasteiger partial charge in [0.2, 0.25) is 5.95 Å². The van der Waals surface area contributed by atoms with Crippen LogP contribution < -0.4 is 20.3 Å². The third kappa shape index (κ3) is 3.77. The molecule has 1 saturated carbocycles. The number of hydrogen-bond acceptors (Lipinski definition) is 8. The lowest BCUT2D eigenvalue weighted by molar-refractivity contribution is 0.0257. The molecule has 5 rings (SSSR count). The molecule has 31 heavy (non-hydrogen) atoms. The zero-order chi connectivity index (χ0) is 21.6. The second kappa shape index (κ2) is 7.61. The maximum Gasteiger partial charge on any atom is 0.269 e. The molecule has 3 aliphatic rings. The Balaban J connectivity index is 1.20. The lowest BCUT2D eigenvalue weighted by atomic mass is 10.2. The normalized spacial score (nSPS) is 21.8. The smallest absolute Gasteiger partial charge is 0.269 e. The van der Waals surface area contributed by atoms with Gasteiger partial charge in [-0.25, -0.2) is 4.98 Å². The molecule has 3 N–H and O–H groups in total. The Morgan fingerprint density at radius 2 is 2.13 bits per heavy atom. The zero-order valence-electron chi connectivity index (χ0n) is 17.3. The highest BCUT2D eigenvalue weighted by atomic mass is 19.1. The Kier molecular flexibility index (Phi) is 4.90. The van der Waals surface area contributed by atoms with Gasteiger partial charge in [-0.05, 0) is 31.0 Å². The summed E-state index contributed by atoms with van der Waals surface area (Å²) < 4.78 is 20.4. The number of hydrogen-bond donors (Lipinski definition) is 3. The molecule has 2 fully saturated rings. The highest BCUT2D eigenvalue weighted by Crippen LogP contribution is 2.48.